The summed E-state index contributed by atoms with van der Waals surface area (Å²) in [6, 6.07) is 3.21. The van der Waals surface area contributed by atoms with Crippen molar-refractivity contribution >= 4 is 44.3 Å². The van der Waals surface area contributed by atoms with Crippen LogP contribution in [0.25, 0.3) is 0 Å². The lowest BCUT2D eigenvalue weighted by Crippen LogP contribution is -2.41. The fourth-order valence-electron chi connectivity index (χ4n) is 2.88. The van der Waals surface area contributed by atoms with Gasteiger partial charge in [-0.05, 0) is 44.5 Å². The second-order valence-electron chi connectivity index (χ2n) is 5.47. The second kappa shape index (κ2) is 7.94. The summed E-state index contributed by atoms with van der Waals surface area (Å²) < 4.78 is 23.9. The van der Waals surface area contributed by atoms with Crippen molar-refractivity contribution in [3.8, 4) is 0 Å². The van der Waals surface area contributed by atoms with Crippen LogP contribution < -0.4 is 10.5 Å². The molecule has 0 aromatic heterocycles. The van der Waals surface area contributed by atoms with Crippen LogP contribution in [-0.4, -0.2) is 45.4 Å². The maximum absolute atomic E-state index is 12.8. The number of nitrogens with one attached hydrogen (secondary N) is 1. The molecule has 1 aliphatic heterocycles. The van der Waals surface area contributed by atoms with Gasteiger partial charge in [-0.25, -0.2) is 13.6 Å². The zero-order valence-electron chi connectivity index (χ0n) is 13.0. The lowest BCUT2D eigenvalue weighted by molar-refractivity contribution is 0.0736. The average Bonchev–Trinajstić information content (AvgIpc) is 2.87. The first-order chi connectivity index (χ1) is 10.3. The molecule has 23 heavy (non-hydrogen) atoms. The van der Waals surface area contributed by atoms with E-state index >= 15 is 0 Å². The smallest absolute Gasteiger partial charge is 0.254 e. The van der Waals surface area contributed by atoms with Gasteiger partial charge in [-0.15, -0.1) is 12.4 Å². The number of nitrogens with zero attached hydrogens (tertiary/aromatic N) is 1. The Labute approximate surface area is 151 Å². The van der Waals surface area contributed by atoms with Crippen molar-refractivity contribution in [1.29, 1.82) is 0 Å². The number of rotatable bonds is 4. The minimum Gasteiger partial charge on any atom is -0.334 e. The van der Waals surface area contributed by atoms with Gasteiger partial charge in [0, 0.05) is 29.2 Å². The molecule has 1 fully saturated rings. The Bertz CT molecular complexity index is 697. The molecule has 0 spiro atoms. The van der Waals surface area contributed by atoms with Crippen LogP contribution in [0.1, 0.15) is 28.8 Å². The van der Waals surface area contributed by atoms with E-state index in [1.807, 2.05) is 7.05 Å². The minimum absolute atomic E-state index is 0. The number of primary sulfonamides is 1. The number of hydrogen-bond donors (Lipinski definition) is 2. The van der Waals surface area contributed by atoms with Gasteiger partial charge >= 0.3 is 0 Å². The van der Waals surface area contributed by atoms with Crippen molar-refractivity contribution in [1.82, 2.24) is 10.2 Å². The largest absolute Gasteiger partial charge is 0.334 e. The van der Waals surface area contributed by atoms with E-state index in [1.165, 1.54) is 6.07 Å². The summed E-state index contributed by atoms with van der Waals surface area (Å²) in [5.41, 5.74) is 0.771. The average molecular weight is 427 g/mol. The highest BCUT2D eigenvalue weighted by molar-refractivity contribution is 9.10. The van der Waals surface area contributed by atoms with E-state index in [-0.39, 0.29) is 29.3 Å². The molecule has 130 valence electrons. The molecule has 1 amide bonds. The number of sulfonamides is 1. The Morgan fingerprint density at radius 1 is 1.48 bits per heavy atom. The van der Waals surface area contributed by atoms with Crippen LogP contribution in [0.3, 0.4) is 0 Å². The van der Waals surface area contributed by atoms with Gasteiger partial charge in [0.25, 0.3) is 5.91 Å². The Morgan fingerprint density at radius 3 is 2.70 bits per heavy atom. The summed E-state index contributed by atoms with van der Waals surface area (Å²) in [5, 5.41) is 8.33. The zero-order chi connectivity index (χ0) is 16.5. The second-order valence-corrected chi connectivity index (χ2v) is 7.92. The van der Waals surface area contributed by atoms with Crippen LogP contribution in [0.15, 0.2) is 21.5 Å². The van der Waals surface area contributed by atoms with Gasteiger partial charge in [-0.1, -0.05) is 15.9 Å². The molecule has 3 N–H and O–H groups in total. The molecular weight excluding hydrogens is 406 g/mol. The van der Waals surface area contributed by atoms with Gasteiger partial charge in [0.1, 0.15) is 0 Å². The maximum atomic E-state index is 12.8. The molecule has 1 aromatic rings. The van der Waals surface area contributed by atoms with E-state index in [4.69, 9.17) is 5.14 Å². The molecule has 1 heterocycles. The minimum atomic E-state index is -3.87. The Hall–Kier alpha value is -0.670. The van der Waals surface area contributed by atoms with Crippen LogP contribution in [0.4, 0.5) is 0 Å². The van der Waals surface area contributed by atoms with Crippen molar-refractivity contribution < 1.29 is 13.2 Å². The van der Waals surface area contributed by atoms with Gasteiger partial charge in [-0.2, -0.15) is 0 Å². The predicted octanol–water partition coefficient (Wildman–Crippen LogP) is 1.65. The lowest BCUT2D eigenvalue weighted by atomic mass is 10.1. The lowest BCUT2D eigenvalue weighted by Gasteiger charge is -2.25. The number of benzene rings is 1. The molecule has 9 heteroatoms. The summed E-state index contributed by atoms with van der Waals surface area (Å²) in [6.45, 7) is 3.02. The summed E-state index contributed by atoms with van der Waals surface area (Å²) in [4.78, 5) is 14.6. The fraction of sp³-hybridized carbons (Fsp3) is 0.500. The summed E-state index contributed by atoms with van der Waals surface area (Å²) in [6.07, 6.45) is 1.90. The third-order valence-electron chi connectivity index (χ3n) is 3.94. The molecular formula is C14H21BrClN3O3S. The van der Waals surface area contributed by atoms with Crippen LogP contribution in [0.2, 0.25) is 0 Å². The molecule has 0 aliphatic carbocycles. The first-order valence-electron chi connectivity index (χ1n) is 7.04. The normalized spacial score (nSPS) is 17.9. The molecule has 1 unspecified atom stereocenters. The Morgan fingerprint density at radius 2 is 2.13 bits per heavy atom. The summed E-state index contributed by atoms with van der Waals surface area (Å²) in [7, 11) is -2.02. The van der Waals surface area contributed by atoms with Gasteiger partial charge < -0.3 is 10.2 Å². The SMILES string of the molecule is CNCC1CCCN1C(=O)c1cc(Br)cc(S(N)(=O)=O)c1C.Cl. The van der Waals surface area contributed by atoms with Crippen molar-refractivity contribution in [3.63, 3.8) is 0 Å². The van der Waals surface area contributed by atoms with Gasteiger partial charge in [-0.3, -0.25) is 4.79 Å². The molecule has 0 radical (unpaired) electrons. The van der Waals surface area contributed by atoms with Crippen LogP contribution in [-0.2, 0) is 10.0 Å². The number of halogens is 2. The van der Waals surface area contributed by atoms with Crippen molar-refractivity contribution in [2.75, 3.05) is 20.1 Å². The number of likely N-dealkylation sites (tertiary alicyclic amines) is 1. The first kappa shape index (κ1) is 20.4. The number of amides is 1. The number of nitrogens with two attached hydrogens (primary N) is 1. The Kier molecular flexibility index (Phi) is 7.03. The maximum Gasteiger partial charge on any atom is 0.254 e. The van der Waals surface area contributed by atoms with Crippen molar-refractivity contribution in [3.05, 3.63) is 27.7 Å². The van der Waals surface area contributed by atoms with Crippen molar-refractivity contribution in [2.45, 2.75) is 30.7 Å². The standard InChI is InChI=1S/C14H20BrN3O3S.ClH/c1-9-12(6-10(15)7-13(9)22(16,20)21)14(19)18-5-3-4-11(18)8-17-2;/h6-7,11,17H,3-5,8H2,1-2H3,(H2,16,20,21);1H. The molecule has 1 aromatic carbocycles. The topological polar surface area (TPSA) is 92.5 Å². The van der Waals surface area contributed by atoms with Crippen LogP contribution in [0.5, 0.6) is 0 Å². The number of hydrogen-bond acceptors (Lipinski definition) is 4. The van der Waals surface area contributed by atoms with E-state index in [1.54, 1.807) is 17.9 Å². The molecule has 1 atom stereocenters. The van der Waals surface area contributed by atoms with Gasteiger partial charge in [0.05, 0.1) is 4.90 Å². The Balaban J connectivity index is 0.00000264. The van der Waals surface area contributed by atoms with E-state index in [0.717, 1.165) is 19.4 Å². The number of carbonyl (C=O) groups excluding carboxylic acids is 1. The monoisotopic (exact) mass is 425 g/mol. The highest BCUT2D eigenvalue weighted by atomic mass is 79.9. The van der Waals surface area contributed by atoms with E-state index in [0.29, 0.717) is 22.1 Å². The van der Waals surface area contributed by atoms with Crippen LogP contribution >= 0.6 is 28.3 Å². The highest BCUT2D eigenvalue weighted by Gasteiger charge is 2.30. The van der Waals surface area contributed by atoms with Gasteiger partial charge in [0.15, 0.2) is 0 Å². The number of carbonyl (C=O) groups is 1. The molecule has 1 saturated heterocycles. The predicted molar refractivity (Wildman–Crippen MR) is 95.5 cm³/mol. The zero-order valence-corrected chi connectivity index (χ0v) is 16.2. The first-order valence-corrected chi connectivity index (χ1v) is 9.38. The molecule has 2 rings (SSSR count). The molecule has 0 bridgehead atoms. The van der Waals surface area contributed by atoms with Crippen molar-refractivity contribution in [2.24, 2.45) is 5.14 Å². The highest BCUT2D eigenvalue weighted by Crippen LogP contribution is 2.27. The molecule has 0 saturated carbocycles. The quantitative estimate of drug-likeness (QED) is 0.765. The van der Waals surface area contributed by atoms with E-state index < -0.39 is 10.0 Å². The van der Waals surface area contributed by atoms with Gasteiger partial charge in [0.2, 0.25) is 10.0 Å². The molecule has 6 nitrogen and oxygen atoms in total. The van der Waals surface area contributed by atoms with E-state index in [9.17, 15) is 13.2 Å². The van der Waals surface area contributed by atoms with Crippen LogP contribution in [0, 0.1) is 6.92 Å². The summed E-state index contributed by atoms with van der Waals surface area (Å²) in [5.74, 6) is -0.151. The number of likely N-dealkylation sites (N-methyl/N-ethyl adjacent to an activating group) is 1. The fourth-order valence-corrected chi connectivity index (χ4v) is 4.31. The third-order valence-corrected chi connectivity index (χ3v) is 5.43. The molecule has 1 aliphatic rings. The van der Waals surface area contributed by atoms with E-state index in [2.05, 4.69) is 21.2 Å². The third kappa shape index (κ3) is 4.45. The summed E-state index contributed by atoms with van der Waals surface area (Å²) >= 11 is 3.26.